The molecule has 2 N–H and O–H groups in total. The summed E-state index contributed by atoms with van der Waals surface area (Å²) in [7, 11) is 1.62. The summed E-state index contributed by atoms with van der Waals surface area (Å²) in [5.74, 6) is 0.919. The molecule has 0 saturated heterocycles. The molecule has 5 heteroatoms. The molecular formula is C15H15BrClNO2. The van der Waals surface area contributed by atoms with Gasteiger partial charge in [-0.2, -0.15) is 0 Å². The summed E-state index contributed by atoms with van der Waals surface area (Å²) >= 11 is 9.53. The van der Waals surface area contributed by atoms with Crippen molar-refractivity contribution in [3.05, 3.63) is 51.0 Å². The van der Waals surface area contributed by atoms with Crippen LogP contribution in [0.3, 0.4) is 0 Å². The minimum atomic E-state index is 0.179. The van der Waals surface area contributed by atoms with Crippen LogP contribution in [0.15, 0.2) is 34.8 Å². The molecule has 2 rings (SSSR count). The van der Waals surface area contributed by atoms with Gasteiger partial charge in [0.05, 0.1) is 12.8 Å². The van der Waals surface area contributed by atoms with Gasteiger partial charge in [0, 0.05) is 21.6 Å². The van der Waals surface area contributed by atoms with Crippen LogP contribution < -0.4 is 10.1 Å². The number of ether oxygens (including phenoxy) is 1. The van der Waals surface area contributed by atoms with E-state index in [1.807, 2.05) is 19.1 Å². The van der Waals surface area contributed by atoms with Crippen LogP contribution in [-0.4, -0.2) is 12.2 Å². The number of benzene rings is 2. The largest absolute Gasteiger partial charge is 0.508 e. The molecule has 0 unspecified atom stereocenters. The molecule has 106 valence electrons. The van der Waals surface area contributed by atoms with E-state index in [0.29, 0.717) is 17.1 Å². The Labute approximate surface area is 131 Å². The first kappa shape index (κ1) is 15.0. The van der Waals surface area contributed by atoms with Gasteiger partial charge in [0.2, 0.25) is 0 Å². The van der Waals surface area contributed by atoms with Crippen molar-refractivity contribution < 1.29 is 9.84 Å². The van der Waals surface area contributed by atoms with Gasteiger partial charge in [-0.05, 0) is 36.8 Å². The molecule has 0 saturated carbocycles. The molecule has 0 amide bonds. The molecule has 2 aromatic rings. The zero-order valence-electron chi connectivity index (χ0n) is 11.2. The van der Waals surface area contributed by atoms with E-state index in [0.717, 1.165) is 21.5 Å². The molecule has 0 aromatic heterocycles. The second-order valence-electron chi connectivity index (χ2n) is 4.39. The lowest BCUT2D eigenvalue weighted by Gasteiger charge is -2.15. The number of phenolic OH excluding ortho intramolecular Hbond substituents is 1. The number of anilines is 1. The molecule has 0 atom stereocenters. The van der Waals surface area contributed by atoms with Crippen LogP contribution in [0.2, 0.25) is 5.02 Å². The molecule has 0 bridgehead atoms. The minimum Gasteiger partial charge on any atom is -0.508 e. The van der Waals surface area contributed by atoms with Gasteiger partial charge in [0.15, 0.2) is 0 Å². The average Bonchev–Trinajstić information content (AvgIpc) is 2.39. The Balaban J connectivity index is 2.27. The summed E-state index contributed by atoms with van der Waals surface area (Å²) in [6.45, 7) is 2.41. The van der Waals surface area contributed by atoms with Crippen molar-refractivity contribution in [3.63, 3.8) is 0 Å². The van der Waals surface area contributed by atoms with E-state index < -0.39 is 0 Å². The highest BCUT2D eigenvalue weighted by atomic mass is 79.9. The number of methoxy groups -OCH3 is 1. The van der Waals surface area contributed by atoms with Crippen LogP contribution in [0.25, 0.3) is 0 Å². The summed E-state index contributed by atoms with van der Waals surface area (Å²) in [6.07, 6.45) is 0. The Morgan fingerprint density at radius 3 is 2.75 bits per heavy atom. The average molecular weight is 357 g/mol. The van der Waals surface area contributed by atoms with E-state index >= 15 is 0 Å². The Kier molecular flexibility index (Phi) is 4.78. The molecule has 20 heavy (non-hydrogen) atoms. The maximum absolute atomic E-state index is 9.85. The van der Waals surface area contributed by atoms with Gasteiger partial charge in [0.25, 0.3) is 0 Å². The van der Waals surface area contributed by atoms with E-state index in [-0.39, 0.29) is 5.75 Å². The molecule has 0 fully saturated rings. The van der Waals surface area contributed by atoms with E-state index in [2.05, 4.69) is 21.2 Å². The second kappa shape index (κ2) is 6.37. The molecular weight excluding hydrogens is 342 g/mol. The summed E-state index contributed by atoms with van der Waals surface area (Å²) in [6, 6.07) is 8.98. The number of halogens is 2. The van der Waals surface area contributed by atoms with Gasteiger partial charge in [-0.1, -0.05) is 33.6 Å². The van der Waals surface area contributed by atoms with Crippen molar-refractivity contribution in [2.24, 2.45) is 0 Å². The first-order valence-corrected chi connectivity index (χ1v) is 7.24. The van der Waals surface area contributed by atoms with Crippen molar-refractivity contribution in [1.29, 1.82) is 0 Å². The van der Waals surface area contributed by atoms with Gasteiger partial charge in [-0.15, -0.1) is 0 Å². The number of hydrogen-bond acceptors (Lipinski definition) is 3. The SMILES string of the molecule is COc1cc(Br)cc(C)c1NCc1c(O)cccc1Cl. The Bertz CT molecular complexity index is 611. The predicted octanol–water partition coefficient (Wildman–Crippen LogP) is 4.74. The number of aryl methyl sites for hydroxylation is 1. The fourth-order valence-corrected chi connectivity index (χ4v) is 2.79. The summed E-state index contributed by atoms with van der Waals surface area (Å²) in [5.41, 5.74) is 2.59. The second-order valence-corrected chi connectivity index (χ2v) is 5.71. The Morgan fingerprint density at radius 1 is 1.35 bits per heavy atom. The van der Waals surface area contributed by atoms with Crippen molar-refractivity contribution in [1.82, 2.24) is 0 Å². The highest BCUT2D eigenvalue weighted by Crippen LogP contribution is 2.33. The number of rotatable bonds is 4. The minimum absolute atomic E-state index is 0.179. The molecule has 0 spiro atoms. The predicted molar refractivity (Wildman–Crippen MR) is 85.9 cm³/mol. The molecule has 0 aliphatic heterocycles. The van der Waals surface area contributed by atoms with E-state index in [1.54, 1.807) is 25.3 Å². The Morgan fingerprint density at radius 2 is 2.10 bits per heavy atom. The molecule has 0 aliphatic carbocycles. The molecule has 0 heterocycles. The molecule has 3 nitrogen and oxygen atoms in total. The van der Waals surface area contributed by atoms with Gasteiger partial charge in [0.1, 0.15) is 11.5 Å². The zero-order chi connectivity index (χ0) is 14.7. The topological polar surface area (TPSA) is 41.5 Å². The van der Waals surface area contributed by atoms with Crippen LogP contribution in [0.5, 0.6) is 11.5 Å². The fraction of sp³-hybridized carbons (Fsp3) is 0.200. The first-order chi connectivity index (χ1) is 9.52. The monoisotopic (exact) mass is 355 g/mol. The first-order valence-electron chi connectivity index (χ1n) is 6.07. The van der Waals surface area contributed by atoms with E-state index in [9.17, 15) is 5.11 Å². The lowest BCUT2D eigenvalue weighted by Crippen LogP contribution is -2.04. The highest BCUT2D eigenvalue weighted by Gasteiger charge is 2.11. The third-order valence-corrected chi connectivity index (χ3v) is 3.83. The highest BCUT2D eigenvalue weighted by molar-refractivity contribution is 9.10. The van der Waals surface area contributed by atoms with E-state index in [1.165, 1.54) is 0 Å². The van der Waals surface area contributed by atoms with Crippen molar-refractivity contribution in [3.8, 4) is 11.5 Å². The number of nitrogens with one attached hydrogen (secondary N) is 1. The Hall–Kier alpha value is -1.39. The summed E-state index contributed by atoms with van der Waals surface area (Å²) in [4.78, 5) is 0. The summed E-state index contributed by atoms with van der Waals surface area (Å²) in [5, 5.41) is 13.6. The normalized spacial score (nSPS) is 10.4. The quantitative estimate of drug-likeness (QED) is 0.831. The van der Waals surface area contributed by atoms with Crippen LogP contribution in [0.1, 0.15) is 11.1 Å². The molecule has 0 radical (unpaired) electrons. The third-order valence-electron chi connectivity index (χ3n) is 3.02. The lowest BCUT2D eigenvalue weighted by molar-refractivity contribution is 0.415. The van der Waals surface area contributed by atoms with Gasteiger partial charge in [-0.25, -0.2) is 0 Å². The number of phenols is 1. The lowest BCUT2D eigenvalue weighted by atomic mass is 10.1. The number of hydrogen-bond donors (Lipinski definition) is 2. The third kappa shape index (κ3) is 3.19. The van der Waals surface area contributed by atoms with Crippen LogP contribution in [-0.2, 0) is 6.54 Å². The van der Waals surface area contributed by atoms with E-state index in [4.69, 9.17) is 16.3 Å². The van der Waals surface area contributed by atoms with Crippen molar-refractivity contribution in [2.45, 2.75) is 13.5 Å². The van der Waals surface area contributed by atoms with Crippen molar-refractivity contribution in [2.75, 3.05) is 12.4 Å². The van der Waals surface area contributed by atoms with Crippen LogP contribution >= 0.6 is 27.5 Å². The van der Waals surface area contributed by atoms with Crippen molar-refractivity contribution >= 4 is 33.2 Å². The smallest absolute Gasteiger partial charge is 0.143 e. The van der Waals surface area contributed by atoms with Crippen LogP contribution in [0.4, 0.5) is 5.69 Å². The fourth-order valence-electron chi connectivity index (χ4n) is 2.00. The molecule has 0 aliphatic rings. The van der Waals surface area contributed by atoms with Gasteiger partial charge in [-0.3, -0.25) is 0 Å². The maximum atomic E-state index is 9.85. The van der Waals surface area contributed by atoms with Gasteiger partial charge < -0.3 is 15.2 Å². The zero-order valence-corrected chi connectivity index (χ0v) is 13.5. The van der Waals surface area contributed by atoms with Gasteiger partial charge >= 0.3 is 0 Å². The maximum Gasteiger partial charge on any atom is 0.143 e. The molecule has 2 aromatic carbocycles. The number of aromatic hydroxyl groups is 1. The van der Waals surface area contributed by atoms with Crippen LogP contribution in [0, 0.1) is 6.92 Å². The standard InChI is InChI=1S/C15H15BrClNO2/c1-9-6-10(16)7-14(20-2)15(9)18-8-11-12(17)4-3-5-13(11)19/h3-7,18-19H,8H2,1-2H3. The summed E-state index contributed by atoms with van der Waals surface area (Å²) < 4.78 is 6.32.